The molecule has 1 amide bonds. The van der Waals surface area contributed by atoms with Crippen molar-refractivity contribution in [2.75, 3.05) is 26.8 Å². The number of ether oxygens (including phenoxy) is 1. The number of carbonyl (C=O) groups excluding carboxylic acids is 1. The zero-order valence-electron chi connectivity index (χ0n) is 13.3. The first-order valence-electron chi connectivity index (χ1n) is 7.28. The summed E-state index contributed by atoms with van der Waals surface area (Å²) in [4.78, 5) is 12.7. The van der Waals surface area contributed by atoms with Crippen molar-refractivity contribution in [2.24, 2.45) is 16.2 Å². The molecule has 0 atom stereocenters. The van der Waals surface area contributed by atoms with E-state index in [4.69, 9.17) is 4.74 Å². The van der Waals surface area contributed by atoms with E-state index in [9.17, 15) is 4.79 Å². The maximum atomic E-state index is 12.7. The molecule has 0 aromatic heterocycles. The van der Waals surface area contributed by atoms with E-state index in [2.05, 4.69) is 38.3 Å². The van der Waals surface area contributed by atoms with E-state index < -0.39 is 0 Å². The van der Waals surface area contributed by atoms with Crippen molar-refractivity contribution < 1.29 is 9.53 Å². The molecule has 20 heavy (non-hydrogen) atoms. The molecule has 0 bridgehead atoms. The van der Waals surface area contributed by atoms with Crippen LogP contribution in [-0.2, 0) is 9.53 Å². The number of carbonyl (C=O) groups is 1. The molecule has 4 nitrogen and oxygen atoms in total. The summed E-state index contributed by atoms with van der Waals surface area (Å²) >= 11 is 0. The molecule has 1 aliphatic heterocycles. The largest absolute Gasteiger partial charge is 0.384 e. The zero-order valence-corrected chi connectivity index (χ0v) is 14.2. The fourth-order valence-electron chi connectivity index (χ4n) is 3.46. The van der Waals surface area contributed by atoms with Gasteiger partial charge in [0.2, 0.25) is 5.91 Å². The van der Waals surface area contributed by atoms with Crippen molar-refractivity contribution in [1.29, 1.82) is 0 Å². The van der Waals surface area contributed by atoms with Crippen LogP contribution in [0, 0.1) is 16.2 Å². The lowest BCUT2D eigenvalue weighted by Crippen LogP contribution is -2.51. The van der Waals surface area contributed by atoms with Crippen LogP contribution in [0.5, 0.6) is 0 Å². The van der Waals surface area contributed by atoms with Crippen molar-refractivity contribution in [3.8, 4) is 0 Å². The normalized spacial score (nSPS) is 26.4. The van der Waals surface area contributed by atoms with Crippen molar-refractivity contribution in [3.05, 3.63) is 0 Å². The number of methoxy groups -OCH3 is 1. The molecule has 1 heterocycles. The Morgan fingerprint density at radius 2 is 1.70 bits per heavy atom. The number of nitrogens with one attached hydrogen (secondary N) is 2. The van der Waals surface area contributed by atoms with Crippen LogP contribution in [0.4, 0.5) is 0 Å². The Kier molecular flexibility index (Phi) is 5.16. The number of halogens is 1. The Hall–Kier alpha value is -0.320. The molecule has 0 radical (unpaired) electrons. The van der Waals surface area contributed by atoms with Gasteiger partial charge in [-0.15, -0.1) is 12.4 Å². The molecule has 1 saturated carbocycles. The molecule has 118 valence electrons. The molecule has 2 rings (SSSR count). The first-order valence-corrected chi connectivity index (χ1v) is 7.28. The van der Waals surface area contributed by atoms with E-state index in [1.807, 2.05) is 0 Å². The van der Waals surface area contributed by atoms with E-state index in [0.29, 0.717) is 6.61 Å². The van der Waals surface area contributed by atoms with Crippen LogP contribution in [0.15, 0.2) is 0 Å². The van der Waals surface area contributed by atoms with Crippen LogP contribution >= 0.6 is 12.4 Å². The molecule has 0 unspecified atom stereocenters. The highest BCUT2D eigenvalue weighted by Gasteiger charge is 2.66. The van der Waals surface area contributed by atoms with Crippen LogP contribution in [0.1, 0.15) is 40.5 Å². The van der Waals surface area contributed by atoms with Gasteiger partial charge in [0.1, 0.15) is 0 Å². The van der Waals surface area contributed by atoms with Gasteiger partial charge in [-0.2, -0.15) is 0 Å². The Labute approximate surface area is 128 Å². The van der Waals surface area contributed by atoms with Crippen molar-refractivity contribution >= 4 is 18.3 Å². The third-order valence-electron chi connectivity index (χ3n) is 5.76. The van der Waals surface area contributed by atoms with Crippen LogP contribution in [-0.4, -0.2) is 38.8 Å². The van der Waals surface area contributed by atoms with E-state index >= 15 is 0 Å². The number of amides is 1. The number of hydrogen-bond donors (Lipinski definition) is 2. The third-order valence-corrected chi connectivity index (χ3v) is 5.76. The highest BCUT2D eigenvalue weighted by molar-refractivity contribution is 5.85. The summed E-state index contributed by atoms with van der Waals surface area (Å²) in [5.74, 6) is 0.180. The summed E-state index contributed by atoms with van der Waals surface area (Å²) in [6.45, 7) is 11.2. The van der Waals surface area contributed by atoms with Crippen LogP contribution < -0.4 is 10.6 Å². The molecule has 5 heteroatoms. The number of piperidine rings is 1. The number of hydrogen-bond acceptors (Lipinski definition) is 3. The Bertz CT molecular complexity index is 343. The molecule has 0 spiro atoms. The van der Waals surface area contributed by atoms with Crippen molar-refractivity contribution in [3.63, 3.8) is 0 Å². The maximum Gasteiger partial charge on any atom is 0.228 e. The Morgan fingerprint density at radius 3 is 2.10 bits per heavy atom. The minimum absolute atomic E-state index is 0. The van der Waals surface area contributed by atoms with E-state index in [1.54, 1.807) is 7.11 Å². The quantitative estimate of drug-likeness (QED) is 0.835. The highest BCUT2D eigenvalue weighted by atomic mass is 35.5. The molecular weight excluding hydrogens is 276 g/mol. The maximum absolute atomic E-state index is 12.7. The van der Waals surface area contributed by atoms with Gasteiger partial charge in [0.25, 0.3) is 0 Å². The smallest absolute Gasteiger partial charge is 0.228 e. The summed E-state index contributed by atoms with van der Waals surface area (Å²) < 4.78 is 5.32. The minimum atomic E-state index is -0.339. The average Bonchev–Trinajstić information content (AvgIpc) is 2.73. The van der Waals surface area contributed by atoms with Crippen LogP contribution in [0.3, 0.4) is 0 Å². The molecule has 2 aliphatic rings. The summed E-state index contributed by atoms with van der Waals surface area (Å²) in [6, 6.07) is 0.274. The third kappa shape index (κ3) is 2.70. The van der Waals surface area contributed by atoms with E-state index in [-0.39, 0.29) is 40.6 Å². The van der Waals surface area contributed by atoms with Gasteiger partial charge < -0.3 is 15.4 Å². The fourth-order valence-corrected chi connectivity index (χ4v) is 3.46. The molecule has 0 aromatic carbocycles. The lowest BCUT2D eigenvalue weighted by Gasteiger charge is -2.35. The molecule has 0 aromatic rings. The zero-order chi connectivity index (χ0) is 14.3. The molecule has 1 saturated heterocycles. The fraction of sp³-hybridized carbons (Fsp3) is 0.933. The van der Waals surface area contributed by atoms with E-state index in [1.165, 1.54) is 0 Å². The van der Waals surface area contributed by atoms with Gasteiger partial charge >= 0.3 is 0 Å². The second-order valence-corrected chi connectivity index (χ2v) is 7.31. The van der Waals surface area contributed by atoms with Gasteiger partial charge in [0, 0.05) is 13.2 Å². The summed E-state index contributed by atoms with van der Waals surface area (Å²) in [5, 5.41) is 6.60. The highest BCUT2D eigenvalue weighted by Crippen LogP contribution is 2.62. The van der Waals surface area contributed by atoms with Gasteiger partial charge in [-0.25, -0.2) is 0 Å². The summed E-state index contributed by atoms with van der Waals surface area (Å²) in [5.41, 5.74) is 0.0302. The molecule has 2 N–H and O–H groups in total. The van der Waals surface area contributed by atoms with Crippen LogP contribution in [0.2, 0.25) is 0 Å². The first kappa shape index (κ1) is 17.7. The lowest BCUT2D eigenvalue weighted by molar-refractivity contribution is -0.136. The lowest BCUT2D eigenvalue weighted by atomic mass is 9.78. The predicted molar refractivity (Wildman–Crippen MR) is 83.2 cm³/mol. The Balaban J connectivity index is 0.00000200. The van der Waals surface area contributed by atoms with Gasteiger partial charge in [-0.05, 0) is 36.8 Å². The van der Waals surface area contributed by atoms with Crippen molar-refractivity contribution in [2.45, 2.75) is 46.6 Å². The first-order chi connectivity index (χ1) is 8.78. The summed E-state index contributed by atoms with van der Waals surface area (Å²) in [6.07, 6.45) is 1.72. The Morgan fingerprint density at radius 1 is 1.20 bits per heavy atom. The van der Waals surface area contributed by atoms with Gasteiger partial charge in [-0.3, -0.25) is 4.79 Å². The molecule has 1 aliphatic carbocycles. The number of rotatable bonds is 4. The second kappa shape index (κ2) is 5.82. The SMILES string of the molecule is COCC1(C(=O)NC2C(C)(C)C2(C)C)CCNCC1.Cl. The predicted octanol–water partition coefficient (Wildman–Crippen LogP) is 1.98. The van der Waals surface area contributed by atoms with E-state index in [0.717, 1.165) is 25.9 Å². The van der Waals surface area contributed by atoms with Crippen molar-refractivity contribution in [1.82, 2.24) is 10.6 Å². The molecule has 2 fully saturated rings. The minimum Gasteiger partial charge on any atom is -0.384 e. The summed E-state index contributed by atoms with van der Waals surface area (Å²) in [7, 11) is 1.68. The van der Waals surface area contributed by atoms with Crippen LogP contribution in [0.25, 0.3) is 0 Å². The van der Waals surface area contributed by atoms with Gasteiger partial charge in [-0.1, -0.05) is 27.7 Å². The second-order valence-electron chi connectivity index (χ2n) is 7.31. The van der Waals surface area contributed by atoms with Gasteiger partial charge in [0.15, 0.2) is 0 Å². The topological polar surface area (TPSA) is 50.4 Å². The average molecular weight is 305 g/mol. The monoisotopic (exact) mass is 304 g/mol. The van der Waals surface area contributed by atoms with Gasteiger partial charge in [0.05, 0.1) is 12.0 Å². The molecular formula is C15H29ClN2O2. The standard InChI is InChI=1S/C15H28N2O2.ClH/c1-13(2)11(14(13,3)4)17-12(18)15(10-19-5)6-8-16-9-7-15;/h11,16H,6-10H2,1-5H3,(H,17,18);1H.